The minimum absolute atomic E-state index is 0.355. The van der Waals surface area contributed by atoms with E-state index >= 15 is 0 Å². The molecule has 1 aliphatic rings. The first-order valence-corrected chi connectivity index (χ1v) is 4.87. The van der Waals surface area contributed by atoms with E-state index < -0.39 is 5.54 Å². The van der Waals surface area contributed by atoms with E-state index in [2.05, 4.69) is 0 Å². The summed E-state index contributed by atoms with van der Waals surface area (Å²) in [5, 5.41) is 0. The van der Waals surface area contributed by atoms with E-state index in [9.17, 15) is 4.39 Å². The van der Waals surface area contributed by atoms with Crippen LogP contribution in [-0.4, -0.2) is 13.2 Å². The third-order valence-electron chi connectivity index (χ3n) is 2.30. The van der Waals surface area contributed by atoms with Crippen LogP contribution in [0.1, 0.15) is 19.4 Å². The van der Waals surface area contributed by atoms with Crippen LogP contribution in [-0.2, 0) is 5.54 Å². The number of fused-ring (bicyclic) bond motifs is 1. The van der Waals surface area contributed by atoms with Gasteiger partial charge in [-0.3, -0.25) is 0 Å². The minimum atomic E-state index is -0.782. The summed E-state index contributed by atoms with van der Waals surface area (Å²) in [6.45, 7) is 4.40. The average molecular weight is 211 g/mol. The van der Waals surface area contributed by atoms with E-state index in [4.69, 9.17) is 15.2 Å². The highest BCUT2D eigenvalue weighted by molar-refractivity contribution is 5.50. The highest BCUT2D eigenvalue weighted by Gasteiger charge is 2.28. The van der Waals surface area contributed by atoms with Crippen molar-refractivity contribution in [3.8, 4) is 11.5 Å². The molecule has 0 aliphatic carbocycles. The van der Waals surface area contributed by atoms with Gasteiger partial charge in [-0.05, 0) is 26.0 Å². The Hall–Kier alpha value is -1.29. The third kappa shape index (κ3) is 1.77. The molecule has 0 saturated carbocycles. The molecule has 2 N–H and O–H groups in total. The molecule has 0 unspecified atom stereocenters. The van der Waals surface area contributed by atoms with Crippen LogP contribution in [0.2, 0.25) is 0 Å². The fraction of sp³-hybridized carbons (Fsp3) is 0.455. The number of ether oxygens (including phenoxy) is 2. The molecule has 0 amide bonds. The quantitative estimate of drug-likeness (QED) is 0.770. The fourth-order valence-corrected chi connectivity index (χ4v) is 1.69. The summed E-state index contributed by atoms with van der Waals surface area (Å²) in [7, 11) is 0. The summed E-state index contributed by atoms with van der Waals surface area (Å²) >= 11 is 0. The first kappa shape index (κ1) is 10.2. The highest BCUT2D eigenvalue weighted by atomic mass is 19.1. The highest BCUT2D eigenvalue weighted by Crippen LogP contribution is 2.39. The molecule has 0 spiro atoms. The molecular formula is C11H14FNO2. The number of rotatable bonds is 1. The number of hydrogen-bond acceptors (Lipinski definition) is 3. The van der Waals surface area contributed by atoms with Crippen LogP contribution in [0.3, 0.4) is 0 Å². The zero-order valence-corrected chi connectivity index (χ0v) is 8.84. The van der Waals surface area contributed by atoms with Gasteiger partial charge in [0.1, 0.15) is 19.0 Å². The SMILES string of the molecule is CC(C)(N)c1c(F)ccc2c1OCCO2. The van der Waals surface area contributed by atoms with E-state index in [1.165, 1.54) is 6.07 Å². The molecule has 0 atom stereocenters. The lowest BCUT2D eigenvalue weighted by atomic mass is 9.93. The molecule has 2 rings (SSSR count). The molecule has 82 valence electrons. The van der Waals surface area contributed by atoms with Gasteiger partial charge in [-0.15, -0.1) is 0 Å². The van der Waals surface area contributed by atoms with E-state index in [1.807, 2.05) is 0 Å². The zero-order valence-electron chi connectivity index (χ0n) is 8.84. The molecule has 0 radical (unpaired) electrons. The Balaban J connectivity index is 2.60. The van der Waals surface area contributed by atoms with Crippen molar-refractivity contribution < 1.29 is 13.9 Å². The van der Waals surface area contributed by atoms with Gasteiger partial charge in [0.15, 0.2) is 11.5 Å². The Labute approximate surface area is 88.0 Å². The monoisotopic (exact) mass is 211 g/mol. The van der Waals surface area contributed by atoms with Gasteiger partial charge < -0.3 is 15.2 Å². The Morgan fingerprint density at radius 3 is 2.60 bits per heavy atom. The molecule has 0 saturated heterocycles. The predicted molar refractivity (Wildman–Crippen MR) is 54.6 cm³/mol. The lowest BCUT2D eigenvalue weighted by Gasteiger charge is -2.27. The summed E-state index contributed by atoms with van der Waals surface area (Å²) in [6, 6.07) is 2.93. The second kappa shape index (κ2) is 3.38. The number of nitrogens with two attached hydrogens (primary N) is 1. The largest absolute Gasteiger partial charge is 0.486 e. The van der Waals surface area contributed by atoms with Gasteiger partial charge in [0.05, 0.1) is 5.56 Å². The summed E-state index contributed by atoms with van der Waals surface area (Å²) < 4.78 is 24.4. The molecule has 4 heteroatoms. The second-order valence-corrected chi connectivity index (χ2v) is 4.17. The van der Waals surface area contributed by atoms with Crippen molar-refractivity contribution in [3.63, 3.8) is 0 Å². The van der Waals surface area contributed by atoms with E-state index in [0.29, 0.717) is 30.3 Å². The number of hydrogen-bond donors (Lipinski definition) is 1. The summed E-state index contributed by atoms with van der Waals surface area (Å²) in [5.74, 6) is 0.650. The molecule has 1 aromatic carbocycles. The first-order valence-electron chi connectivity index (χ1n) is 4.87. The van der Waals surface area contributed by atoms with Crippen molar-refractivity contribution in [2.45, 2.75) is 19.4 Å². The van der Waals surface area contributed by atoms with Crippen LogP contribution in [0.5, 0.6) is 11.5 Å². The lowest BCUT2D eigenvalue weighted by Crippen LogP contribution is -2.32. The number of halogens is 1. The van der Waals surface area contributed by atoms with Crippen molar-refractivity contribution in [2.24, 2.45) is 5.73 Å². The van der Waals surface area contributed by atoms with Gasteiger partial charge in [0, 0.05) is 5.54 Å². The summed E-state index contributed by atoms with van der Waals surface area (Å²) in [6.07, 6.45) is 0. The average Bonchev–Trinajstić information content (AvgIpc) is 2.15. The predicted octanol–water partition coefficient (Wildman–Crippen LogP) is 1.79. The Kier molecular flexibility index (Phi) is 2.31. The van der Waals surface area contributed by atoms with Crippen LogP contribution in [0.15, 0.2) is 12.1 Å². The normalized spacial score (nSPS) is 15.2. The Bertz CT molecular complexity index is 385. The molecule has 1 heterocycles. The van der Waals surface area contributed by atoms with Crippen molar-refractivity contribution in [1.82, 2.24) is 0 Å². The maximum absolute atomic E-state index is 13.7. The fourth-order valence-electron chi connectivity index (χ4n) is 1.69. The van der Waals surface area contributed by atoms with Gasteiger partial charge in [-0.25, -0.2) is 4.39 Å². The van der Waals surface area contributed by atoms with E-state index in [1.54, 1.807) is 19.9 Å². The van der Waals surface area contributed by atoms with Crippen LogP contribution in [0, 0.1) is 5.82 Å². The molecule has 15 heavy (non-hydrogen) atoms. The van der Waals surface area contributed by atoms with Crippen molar-refractivity contribution in [2.75, 3.05) is 13.2 Å². The molecule has 0 fully saturated rings. The lowest BCUT2D eigenvalue weighted by molar-refractivity contribution is 0.166. The summed E-state index contributed by atoms with van der Waals surface area (Å²) in [5.41, 5.74) is 5.50. The van der Waals surface area contributed by atoms with Crippen molar-refractivity contribution >= 4 is 0 Å². The molecule has 3 nitrogen and oxygen atoms in total. The Morgan fingerprint density at radius 1 is 1.27 bits per heavy atom. The van der Waals surface area contributed by atoms with Gasteiger partial charge in [0.25, 0.3) is 0 Å². The van der Waals surface area contributed by atoms with Gasteiger partial charge >= 0.3 is 0 Å². The molecular weight excluding hydrogens is 197 g/mol. The van der Waals surface area contributed by atoms with Gasteiger partial charge in [0.2, 0.25) is 0 Å². The molecule has 1 aliphatic heterocycles. The molecule has 0 bridgehead atoms. The summed E-state index contributed by atoms with van der Waals surface area (Å²) in [4.78, 5) is 0. The number of benzene rings is 1. The second-order valence-electron chi connectivity index (χ2n) is 4.17. The van der Waals surface area contributed by atoms with Gasteiger partial charge in [-0.1, -0.05) is 0 Å². The Morgan fingerprint density at radius 2 is 1.93 bits per heavy atom. The van der Waals surface area contributed by atoms with E-state index in [-0.39, 0.29) is 5.82 Å². The first-order chi connectivity index (χ1) is 7.00. The van der Waals surface area contributed by atoms with Gasteiger partial charge in [-0.2, -0.15) is 0 Å². The van der Waals surface area contributed by atoms with Crippen LogP contribution in [0.4, 0.5) is 4.39 Å². The van der Waals surface area contributed by atoms with Crippen LogP contribution in [0.25, 0.3) is 0 Å². The van der Waals surface area contributed by atoms with Crippen LogP contribution >= 0.6 is 0 Å². The topological polar surface area (TPSA) is 44.5 Å². The van der Waals surface area contributed by atoms with E-state index in [0.717, 1.165) is 0 Å². The smallest absolute Gasteiger partial charge is 0.169 e. The minimum Gasteiger partial charge on any atom is -0.486 e. The maximum Gasteiger partial charge on any atom is 0.169 e. The third-order valence-corrected chi connectivity index (χ3v) is 2.30. The molecule has 1 aromatic rings. The van der Waals surface area contributed by atoms with Crippen LogP contribution < -0.4 is 15.2 Å². The maximum atomic E-state index is 13.7. The standard InChI is InChI=1S/C11H14FNO2/c1-11(2,13)9-7(12)3-4-8-10(9)15-6-5-14-8/h3-4H,5-6,13H2,1-2H3. The molecule has 0 aromatic heterocycles. The zero-order chi connectivity index (χ0) is 11.1. The van der Waals surface area contributed by atoms with Crippen molar-refractivity contribution in [3.05, 3.63) is 23.5 Å². The van der Waals surface area contributed by atoms with Crippen molar-refractivity contribution in [1.29, 1.82) is 0 Å².